The second-order valence-electron chi connectivity index (χ2n) is 1.65. The maximum atomic E-state index is 2.98. The number of hydrazine groups is 1. The molecule has 0 aromatic rings. The molecule has 0 aromatic carbocycles. The summed E-state index contributed by atoms with van der Waals surface area (Å²) in [5.41, 5.74) is 7.34. The molecule has 1 rings (SSSR count). The largest absolute Gasteiger partial charge is 0.328 e. The van der Waals surface area contributed by atoms with Gasteiger partial charge < -0.3 is 5.43 Å². The molecule has 2 N–H and O–H groups in total. The van der Waals surface area contributed by atoms with Crippen LogP contribution in [0.1, 0.15) is 13.3 Å². The minimum absolute atomic E-state index is 1.01. The lowest BCUT2D eigenvalue weighted by atomic mass is 10.2. The topological polar surface area (TPSA) is 24.1 Å². The molecular weight excluding hydrogens is 88.1 g/mol. The molecule has 0 saturated heterocycles. The molecule has 0 unspecified atom stereocenters. The lowest BCUT2D eigenvalue weighted by molar-refractivity contribution is 0.718. The van der Waals surface area contributed by atoms with Crippen molar-refractivity contribution in [3.8, 4) is 0 Å². The molecular formula is C5H10N2. The minimum atomic E-state index is 1.01. The molecule has 2 nitrogen and oxygen atoms in total. The number of hydrogen-bond acceptors (Lipinski definition) is 2. The Labute approximate surface area is 43.6 Å². The Morgan fingerprint density at radius 2 is 2.71 bits per heavy atom. The molecule has 1 aliphatic rings. The first-order chi connectivity index (χ1) is 3.43. The number of hydrogen-bond donors (Lipinski definition) is 2. The Kier molecular flexibility index (Phi) is 1.32. The average molecular weight is 98.1 g/mol. The first-order valence-electron chi connectivity index (χ1n) is 2.60. The second-order valence-corrected chi connectivity index (χ2v) is 1.65. The molecule has 0 radical (unpaired) electrons. The van der Waals surface area contributed by atoms with Gasteiger partial charge in [-0.15, -0.1) is 0 Å². The van der Waals surface area contributed by atoms with E-state index >= 15 is 0 Å². The van der Waals surface area contributed by atoms with Gasteiger partial charge in [-0.2, -0.15) is 0 Å². The Morgan fingerprint density at radius 3 is 3.00 bits per heavy atom. The van der Waals surface area contributed by atoms with Crippen molar-refractivity contribution in [3.63, 3.8) is 0 Å². The molecule has 1 aliphatic heterocycles. The normalized spacial score (nSPS) is 18.7. The van der Waals surface area contributed by atoms with Gasteiger partial charge in [0.25, 0.3) is 0 Å². The summed E-state index contributed by atoms with van der Waals surface area (Å²) in [7, 11) is 0. The van der Waals surface area contributed by atoms with Crippen LogP contribution in [-0.2, 0) is 0 Å². The van der Waals surface area contributed by atoms with Gasteiger partial charge in [0.2, 0.25) is 0 Å². The zero-order valence-corrected chi connectivity index (χ0v) is 4.49. The van der Waals surface area contributed by atoms with E-state index in [-0.39, 0.29) is 0 Å². The first-order valence-corrected chi connectivity index (χ1v) is 2.60. The van der Waals surface area contributed by atoms with E-state index in [1.54, 1.807) is 0 Å². The Hall–Kier alpha value is -0.500. The van der Waals surface area contributed by atoms with Gasteiger partial charge in [-0.3, -0.25) is 0 Å². The fraction of sp³-hybridized carbons (Fsp3) is 0.600. The second kappa shape index (κ2) is 1.98. The first kappa shape index (κ1) is 4.65. The predicted molar refractivity (Wildman–Crippen MR) is 29.5 cm³/mol. The predicted octanol–water partition coefficient (Wildman–Crippen LogP) is 0.388. The van der Waals surface area contributed by atoms with Crippen LogP contribution in [0.25, 0.3) is 0 Å². The summed E-state index contributed by atoms with van der Waals surface area (Å²) in [6.45, 7) is 3.16. The van der Waals surface area contributed by atoms with Gasteiger partial charge in [0.1, 0.15) is 0 Å². The molecule has 2 heteroatoms. The van der Waals surface area contributed by atoms with Crippen molar-refractivity contribution in [1.29, 1.82) is 0 Å². The van der Waals surface area contributed by atoms with Crippen LogP contribution in [0.2, 0.25) is 0 Å². The molecule has 0 amide bonds. The molecule has 1 heterocycles. The third kappa shape index (κ3) is 0.933. The van der Waals surface area contributed by atoms with Crippen LogP contribution in [0.3, 0.4) is 0 Å². The van der Waals surface area contributed by atoms with Crippen molar-refractivity contribution in [3.05, 3.63) is 11.8 Å². The van der Waals surface area contributed by atoms with Crippen molar-refractivity contribution >= 4 is 0 Å². The third-order valence-corrected chi connectivity index (χ3v) is 1.15. The van der Waals surface area contributed by atoms with Crippen LogP contribution in [0.15, 0.2) is 11.8 Å². The highest BCUT2D eigenvalue weighted by atomic mass is 15.4. The fourth-order valence-corrected chi connectivity index (χ4v) is 0.596. The molecule has 0 saturated carbocycles. The van der Waals surface area contributed by atoms with Crippen LogP contribution in [0.5, 0.6) is 0 Å². The molecule has 0 fully saturated rings. The highest BCUT2D eigenvalue weighted by molar-refractivity contribution is 5.05. The van der Waals surface area contributed by atoms with Crippen molar-refractivity contribution in [1.82, 2.24) is 10.9 Å². The maximum absolute atomic E-state index is 2.98. The summed E-state index contributed by atoms with van der Waals surface area (Å²) in [5.74, 6) is 0. The van der Waals surface area contributed by atoms with Crippen molar-refractivity contribution in [2.24, 2.45) is 0 Å². The maximum Gasteiger partial charge on any atom is 0.0375 e. The van der Waals surface area contributed by atoms with Gasteiger partial charge in [0.15, 0.2) is 0 Å². The van der Waals surface area contributed by atoms with Gasteiger partial charge in [-0.25, -0.2) is 5.43 Å². The molecule has 0 atom stereocenters. The van der Waals surface area contributed by atoms with Crippen molar-refractivity contribution in [2.75, 3.05) is 6.54 Å². The van der Waals surface area contributed by atoms with Crippen molar-refractivity contribution in [2.45, 2.75) is 13.3 Å². The van der Waals surface area contributed by atoms with Crippen LogP contribution < -0.4 is 10.9 Å². The van der Waals surface area contributed by atoms with Gasteiger partial charge in [0.05, 0.1) is 0 Å². The summed E-state index contributed by atoms with van der Waals surface area (Å²) in [6, 6.07) is 0. The van der Waals surface area contributed by atoms with Crippen LogP contribution in [0, 0.1) is 0 Å². The highest BCUT2D eigenvalue weighted by Gasteiger charge is 1.96. The number of rotatable bonds is 1. The van der Waals surface area contributed by atoms with E-state index in [1.807, 2.05) is 6.20 Å². The van der Waals surface area contributed by atoms with Gasteiger partial charge in [-0.05, 0) is 12.0 Å². The SMILES string of the molecule is CCC1=CNNC1. The Morgan fingerprint density at radius 1 is 1.86 bits per heavy atom. The fourth-order valence-electron chi connectivity index (χ4n) is 0.596. The quantitative estimate of drug-likeness (QED) is 0.495. The van der Waals surface area contributed by atoms with E-state index in [4.69, 9.17) is 0 Å². The van der Waals surface area contributed by atoms with E-state index in [0.29, 0.717) is 0 Å². The lowest BCUT2D eigenvalue weighted by Gasteiger charge is -1.88. The zero-order chi connectivity index (χ0) is 5.11. The highest BCUT2D eigenvalue weighted by Crippen LogP contribution is 1.98. The summed E-state index contributed by atoms with van der Waals surface area (Å²) in [6.07, 6.45) is 3.17. The van der Waals surface area contributed by atoms with Gasteiger partial charge >= 0.3 is 0 Å². The van der Waals surface area contributed by atoms with Crippen LogP contribution in [-0.4, -0.2) is 6.54 Å². The van der Waals surface area contributed by atoms with Crippen LogP contribution >= 0.6 is 0 Å². The molecule has 0 aliphatic carbocycles. The van der Waals surface area contributed by atoms with E-state index in [0.717, 1.165) is 13.0 Å². The smallest absolute Gasteiger partial charge is 0.0375 e. The minimum Gasteiger partial charge on any atom is -0.328 e. The van der Waals surface area contributed by atoms with Gasteiger partial charge in [-0.1, -0.05) is 6.92 Å². The molecule has 7 heavy (non-hydrogen) atoms. The Bertz CT molecular complexity index is 86.1. The van der Waals surface area contributed by atoms with E-state index in [1.165, 1.54) is 5.57 Å². The lowest BCUT2D eigenvalue weighted by Crippen LogP contribution is -2.20. The Balaban J connectivity index is 2.36. The summed E-state index contributed by atoms with van der Waals surface area (Å²) >= 11 is 0. The monoisotopic (exact) mass is 98.1 g/mol. The standard InChI is InChI=1S/C5H10N2/c1-2-5-3-6-7-4-5/h3,6-7H,2,4H2,1H3. The summed E-state index contributed by atoms with van der Waals surface area (Å²) < 4.78 is 0. The molecule has 0 spiro atoms. The average Bonchev–Trinajstić information content (AvgIpc) is 2.14. The third-order valence-electron chi connectivity index (χ3n) is 1.15. The van der Waals surface area contributed by atoms with Crippen LogP contribution in [0.4, 0.5) is 0 Å². The zero-order valence-electron chi connectivity index (χ0n) is 4.49. The van der Waals surface area contributed by atoms with Gasteiger partial charge in [0, 0.05) is 12.7 Å². The molecule has 40 valence electrons. The van der Waals surface area contributed by atoms with E-state index in [9.17, 15) is 0 Å². The van der Waals surface area contributed by atoms with Crippen molar-refractivity contribution < 1.29 is 0 Å². The molecule has 0 bridgehead atoms. The van der Waals surface area contributed by atoms with E-state index < -0.39 is 0 Å². The summed E-state index contributed by atoms with van der Waals surface area (Å²) in [5, 5.41) is 0. The summed E-state index contributed by atoms with van der Waals surface area (Å²) in [4.78, 5) is 0. The molecule has 0 aromatic heterocycles. The number of nitrogens with one attached hydrogen (secondary N) is 2. The van der Waals surface area contributed by atoms with E-state index in [2.05, 4.69) is 17.8 Å².